The van der Waals surface area contributed by atoms with Crippen LogP contribution in [0.3, 0.4) is 0 Å². The summed E-state index contributed by atoms with van der Waals surface area (Å²) < 4.78 is 7.25. The Labute approximate surface area is 250 Å². The van der Waals surface area contributed by atoms with E-state index in [1.165, 1.54) is 15.9 Å². The van der Waals surface area contributed by atoms with Crippen LogP contribution in [-0.4, -0.2) is 30.7 Å². The minimum atomic E-state index is -2.68. The summed E-state index contributed by atoms with van der Waals surface area (Å²) in [6, 6.07) is 35.9. The lowest BCUT2D eigenvalue weighted by Gasteiger charge is -2.44. The van der Waals surface area contributed by atoms with E-state index in [1.807, 2.05) is 30.6 Å². The van der Waals surface area contributed by atoms with Crippen LogP contribution < -0.4 is 10.4 Å². The lowest BCUT2D eigenvalue weighted by atomic mass is 9.84. The average molecular weight is 571 g/mol. The molecule has 0 amide bonds. The van der Waals surface area contributed by atoms with Gasteiger partial charge < -0.3 is 9.41 Å². The van der Waals surface area contributed by atoms with Crippen LogP contribution in [0.1, 0.15) is 54.4 Å². The highest BCUT2D eigenvalue weighted by Crippen LogP contribution is 2.39. The molecule has 0 fully saturated rings. The number of pyridine rings is 1. The zero-order valence-electron chi connectivity index (χ0n) is 24.6. The van der Waals surface area contributed by atoms with Gasteiger partial charge in [-0.05, 0) is 51.0 Å². The first-order chi connectivity index (χ1) is 20.4. The molecular weight excluding hydrogens is 533 g/mol. The molecule has 0 aliphatic heterocycles. The molecule has 42 heavy (non-hydrogen) atoms. The summed E-state index contributed by atoms with van der Waals surface area (Å²) in [5, 5.41) is 2.41. The van der Waals surface area contributed by atoms with Gasteiger partial charge in [0.2, 0.25) is 0 Å². The average Bonchev–Trinajstić information content (AvgIpc) is 3.37. The summed E-state index contributed by atoms with van der Waals surface area (Å²) in [5.74, 6) is 0.301. The standard InChI is InChI=1S/C37H38N2O2Si/c1-37(2,3)42(30-15-9-5-10-16-30,31-17-11-6-12-18-31)41-26-28-24-33-35(34(40)25-28)32(23-27-13-7-4-8-14-27)36(39-33)29-19-21-38-22-20-29/h4-22,28,39H,23-26H2,1-3H3. The predicted molar refractivity (Wildman–Crippen MR) is 173 cm³/mol. The van der Waals surface area contributed by atoms with E-state index in [1.54, 1.807) is 0 Å². The van der Waals surface area contributed by atoms with Crippen molar-refractivity contribution in [2.75, 3.05) is 6.61 Å². The summed E-state index contributed by atoms with van der Waals surface area (Å²) in [6.07, 6.45) is 5.60. The Bertz CT molecular complexity index is 1600. The summed E-state index contributed by atoms with van der Waals surface area (Å²) in [6.45, 7) is 7.43. The number of carbonyl (C=O) groups is 1. The molecule has 212 valence electrons. The van der Waals surface area contributed by atoms with Crippen LogP contribution >= 0.6 is 0 Å². The number of benzene rings is 3. The van der Waals surface area contributed by atoms with Gasteiger partial charge in [0.25, 0.3) is 8.32 Å². The second-order valence-electron chi connectivity index (χ2n) is 12.4. The van der Waals surface area contributed by atoms with Crippen molar-refractivity contribution in [1.82, 2.24) is 9.97 Å². The van der Waals surface area contributed by atoms with Gasteiger partial charge in [0.15, 0.2) is 5.78 Å². The molecule has 0 radical (unpaired) electrons. The minimum absolute atomic E-state index is 0.0974. The van der Waals surface area contributed by atoms with Crippen LogP contribution in [0.25, 0.3) is 11.3 Å². The topological polar surface area (TPSA) is 55.0 Å². The van der Waals surface area contributed by atoms with Crippen LogP contribution in [0.4, 0.5) is 0 Å². The Kier molecular flexibility index (Phi) is 7.80. The van der Waals surface area contributed by atoms with Gasteiger partial charge in [0.05, 0.1) is 5.69 Å². The molecule has 3 aromatic carbocycles. The molecule has 0 saturated carbocycles. The zero-order valence-corrected chi connectivity index (χ0v) is 25.6. The number of ketones is 1. The normalized spacial score (nSPS) is 15.4. The Hall–Kier alpha value is -4.06. The highest BCUT2D eigenvalue weighted by atomic mass is 28.4. The van der Waals surface area contributed by atoms with Crippen LogP contribution in [0.2, 0.25) is 5.04 Å². The van der Waals surface area contributed by atoms with Crippen molar-refractivity contribution in [3.63, 3.8) is 0 Å². The maximum Gasteiger partial charge on any atom is 0.261 e. The molecule has 5 aromatic rings. The van der Waals surface area contributed by atoms with Gasteiger partial charge in [0, 0.05) is 48.7 Å². The van der Waals surface area contributed by atoms with Gasteiger partial charge in [-0.3, -0.25) is 9.78 Å². The SMILES string of the molecule is CC(C)(C)[Si](OCC1CC(=O)c2c([nH]c(-c3ccncc3)c2Cc2ccccc2)C1)(c1ccccc1)c1ccccc1. The number of carbonyl (C=O) groups excluding carboxylic acids is 1. The maximum absolute atomic E-state index is 13.9. The maximum atomic E-state index is 13.9. The molecule has 1 aliphatic rings. The first kappa shape index (κ1) is 28.1. The molecule has 6 rings (SSSR count). The molecule has 0 bridgehead atoms. The molecule has 0 spiro atoms. The van der Waals surface area contributed by atoms with Crippen molar-refractivity contribution in [2.24, 2.45) is 5.92 Å². The van der Waals surface area contributed by atoms with Gasteiger partial charge in [-0.2, -0.15) is 0 Å². The van der Waals surface area contributed by atoms with Crippen molar-refractivity contribution < 1.29 is 9.22 Å². The van der Waals surface area contributed by atoms with Crippen molar-refractivity contribution in [2.45, 2.75) is 45.1 Å². The van der Waals surface area contributed by atoms with Gasteiger partial charge in [-0.25, -0.2) is 0 Å². The van der Waals surface area contributed by atoms with E-state index >= 15 is 0 Å². The van der Waals surface area contributed by atoms with Crippen molar-refractivity contribution in [1.29, 1.82) is 0 Å². The molecule has 1 unspecified atom stereocenters. The first-order valence-electron chi connectivity index (χ1n) is 14.8. The monoisotopic (exact) mass is 570 g/mol. The fourth-order valence-corrected chi connectivity index (χ4v) is 11.3. The number of fused-ring (bicyclic) bond motifs is 1. The van der Waals surface area contributed by atoms with E-state index < -0.39 is 8.32 Å². The van der Waals surface area contributed by atoms with E-state index in [-0.39, 0.29) is 16.7 Å². The highest BCUT2D eigenvalue weighted by Gasteiger charge is 2.50. The summed E-state index contributed by atoms with van der Waals surface area (Å²) >= 11 is 0. The van der Waals surface area contributed by atoms with Crippen molar-refractivity contribution >= 4 is 24.5 Å². The van der Waals surface area contributed by atoms with E-state index in [9.17, 15) is 4.79 Å². The van der Waals surface area contributed by atoms with Crippen LogP contribution in [-0.2, 0) is 17.3 Å². The number of hydrogen-bond acceptors (Lipinski definition) is 3. The van der Waals surface area contributed by atoms with Crippen LogP contribution in [0.5, 0.6) is 0 Å². The van der Waals surface area contributed by atoms with E-state index in [4.69, 9.17) is 4.43 Å². The lowest BCUT2D eigenvalue weighted by molar-refractivity contribution is 0.0922. The Balaban J connectivity index is 1.35. The molecule has 2 heterocycles. The van der Waals surface area contributed by atoms with E-state index in [0.717, 1.165) is 34.5 Å². The molecule has 1 aliphatic carbocycles. The van der Waals surface area contributed by atoms with Crippen LogP contribution in [0.15, 0.2) is 116 Å². The lowest BCUT2D eigenvalue weighted by Crippen LogP contribution is -2.67. The number of aromatic nitrogens is 2. The smallest absolute Gasteiger partial charge is 0.261 e. The van der Waals surface area contributed by atoms with Crippen molar-refractivity contribution in [3.8, 4) is 11.3 Å². The molecular formula is C37H38N2O2Si. The highest BCUT2D eigenvalue weighted by molar-refractivity contribution is 6.99. The Morgan fingerprint density at radius 3 is 1.95 bits per heavy atom. The number of Topliss-reactive ketones (excluding diaryl/α,β-unsaturated/α-hetero) is 1. The Morgan fingerprint density at radius 2 is 1.38 bits per heavy atom. The fourth-order valence-electron chi connectivity index (χ4n) is 6.67. The third-order valence-corrected chi connectivity index (χ3v) is 13.6. The first-order valence-corrected chi connectivity index (χ1v) is 16.7. The molecule has 1 N–H and O–H groups in total. The quantitative estimate of drug-likeness (QED) is 0.205. The summed E-state index contributed by atoms with van der Waals surface area (Å²) in [5.41, 5.74) is 6.25. The third kappa shape index (κ3) is 5.30. The van der Waals surface area contributed by atoms with E-state index in [2.05, 4.69) is 116 Å². The number of nitrogens with zero attached hydrogens (tertiary/aromatic N) is 1. The molecule has 2 aromatic heterocycles. The summed E-state index contributed by atoms with van der Waals surface area (Å²) in [7, 11) is -2.68. The van der Waals surface area contributed by atoms with Crippen LogP contribution in [0, 0.1) is 5.92 Å². The van der Waals surface area contributed by atoms with Gasteiger partial charge >= 0.3 is 0 Å². The van der Waals surface area contributed by atoms with Gasteiger partial charge in [-0.15, -0.1) is 0 Å². The largest absolute Gasteiger partial charge is 0.407 e. The van der Waals surface area contributed by atoms with Gasteiger partial charge in [0.1, 0.15) is 0 Å². The number of H-pyrrole nitrogens is 1. The number of rotatable bonds is 8. The van der Waals surface area contributed by atoms with Crippen molar-refractivity contribution in [3.05, 3.63) is 138 Å². The second-order valence-corrected chi connectivity index (χ2v) is 16.7. The number of aromatic amines is 1. The third-order valence-electron chi connectivity index (χ3n) is 8.57. The minimum Gasteiger partial charge on any atom is -0.407 e. The van der Waals surface area contributed by atoms with Gasteiger partial charge in [-0.1, -0.05) is 112 Å². The molecule has 1 atom stereocenters. The zero-order chi connectivity index (χ0) is 29.2. The fraction of sp³-hybridized carbons (Fsp3) is 0.243. The Morgan fingerprint density at radius 1 is 0.810 bits per heavy atom. The molecule has 4 nitrogen and oxygen atoms in total. The molecule has 5 heteroatoms. The predicted octanol–water partition coefficient (Wildman–Crippen LogP) is 6.99. The summed E-state index contributed by atoms with van der Waals surface area (Å²) in [4.78, 5) is 21.9. The number of nitrogens with one attached hydrogen (secondary N) is 1. The van der Waals surface area contributed by atoms with E-state index in [0.29, 0.717) is 19.4 Å². The number of hydrogen-bond donors (Lipinski definition) is 1. The second kappa shape index (κ2) is 11.7. The molecule has 0 saturated heterocycles.